The third-order valence-electron chi connectivity index (χ3n) is 3.75. The summed E-state index contributed by atoms with van der Waals surface area (Å²) in [5.41, 5.74) is -1.80. The molecular weight excluding hydrogens is 220 g/mol. The van der Waals surface area contributed by atoms with Crippen LogP contribution in [0.2, 0.25) is 0 Å². The molecule has 4 nitrogen and oxygen atoms in total. The topological polar surface area (TPSA) is 74.6 Å². The molecule has 4 heteroatoms. The van der Waals surface area contributed by atoms with Crippen LogP contribution in [0.5, 0.6) is 0 Å². The Morgan fingerprint density at radius 1 is 1.18 bits per heavy atom. The largest absolute Gasteiger partial charge is 0.481 e. The molecule has 100 valence electrons. The lowest BCUT2D eigenvalue weighted by Crippen LogP contribution is -2.50. The second kappa shape index (κ2) is 5.52. The summed E-state index contributed by atoms with van der Waals surface area (Å²) in [7, 11) is 0. The Bertz CT molecular complexity index is 290. The maximum atomic E-state index is 11.7. The minimum Gasteiger partial charge on any atom is -0.481 e. The van der Waals surface area contributed by atoms with Crippen molar-refractivity contribution in [1.29, 1.82) is 0 Å². The Balaban J connectivity index is 5.57. The summed E-state index contributed by atoms with van der Waals surface area (Å²) in [6.07, 6.45) is 1.98. The highest BCUT2D eigenvalue weighted by Crippen LogP contribution is 2.49. The molecule has 0 aliphatic carbocycles. The van der Waals surface area contributed by atoms with Crippen molar-refractivity contribution in [3.63, 3.8) is 0 Å². The maximum Gasteiger partial charge on any atom is 0.311 e. The van der Waals surface area contributed by atoms with Gasteiger partial charge in [-0.15, -0.1) is 0 Å². The van der Waals surface area contributed by atoms with Gasteiger partial charge in [0.15, 0.2) is 0 Å². The molecule has 0 aliphatic rings. The molecule has 0 aliphatic heterocycles. The first-order valence-electron chi connectivity index (χ1n) is 6.07. The number of aliphatic carboxylic acids is 2. The fourth-order valence-electron chi connectivity index (χ4n) is 2.52. The van der Waals surface area contributed by atoms with E-state index in [-0.39, 0.29) is 0 Å². The summed E-state index contributed by atoms with van der Waals surface area (Å²) >= 11 is 0. The van der Waals surface area contributed by atoms with Crippen molar-refractivity contribution >= 4 is 11.9 Å². The lowest BCUT2D eigenvalue weighted by atomic mass is 9.57. The Morgan fingerprint density at radius 3 is 1.88 bits per heavy atom. The normalized spacial score (nSPS) is 17.2. The average molecular weight is 244 g/mol. The number of hydrogen-bond donors (Lipinski definition) is 2. The summed E-state index contributed by atoms with van der Waals surface area (Å²) in [4.78, 5) is 22.9. The van der Waals surface area contributed by atoms with Gasteiger partial charge in [-0.25, -0.2) is 0 Å². The summed E-state index contributed by atoms with van der Waals surface area (Å²) in [5.74, 6) is -2.95. The van der Waals surface area contributed by atoms with Gasteiger partial charge in [0, 0.05) is 0 Å². The highest BCUT2D eigenvalue weighted by Gasteiger charge is 2.54. The van der Waals surface area contributed by atoms with Crippen molar-refractivity contribution in [2.75, 3.05) is 0 Å². The first-order valence-corrected chi connectivity index (χ1v) is 6.07. The van der Waals surface area contributed by atoms with Gasteiger partial charge in [-0.05, 0) is 11.8 Å². The summed E-state index contributed by atoms with van der Waals surface area (Å²) < 4.78 is 0. The first-order chi connectivity index (χ1) is 7.61. The number of carboxylic acids is 2. The third-order valence-corrected chi connectivity index (χ3v) is 3.75. The predicted octanol–water partition coefficient (Wildman–Crippen LogP) is 3.01. The van der Waals surface area contributed by atoms with Crippen molar-refractivity contribution < 1.29 is 19.8 Å². The van der Waals surface area contributed by atoms with Crippen LogP contribution < -0.4 is 0 Å². The van der Waals surface area contributed by atoms with Crippen LogP contribution in [0.15, 0.2) is 0 Å². The minimum atomic E-state index is -1.21. The van der Waals surface area contributed by atoms with Crippen molar-refractivity contribution in [2.45, 2.75) is 53.9 Å². The van der Waals surface area contributed by atoms with Crippen LogP contribution in [0.1, 0.15) is 53.9 Å². The van der Waals surface area contributed by atoms with E-state index in [4.69, 9.17) is 5.11 Å². The van der Waals surface area contributed by atoms with E-state index in [0.29, 0.717) is 6.42 Å². The van der Waals surface area contributed by atoms with Gasteiger partial charge in [-0.2, -0.15) is 0 Å². The van der Waals surface area contributed by atoms with E-state index >= 15 is 0 Å². The summed E-state index contributed by atoms with van der Waals surface area (Å²) in [6.45, 7) is 8.88. The van der Waals surface area contributed by atoms with E-state index in [0.717, 1.165) is 12.8 Å². The van der Waals surface area contributed by atoms with Crippen LogP contribution in [0.4, 0.5) is 0 Å². The monoisotopic (exact) mass is 244 g/mol. The third kappa shape index (κ3) is 2.99. The van der Waals surface area contributed by atoms with E-state index in [1.54, 1.807) is 20.8 Å². The highest BCUT2D eigenvalue weighted by atomic mass is 16.4. The van der Waals surface area contributed by atoms with Crippen molar-refractivity contribution in [3.8, 4) is 0 Å². The van der Waals surface area contributed by atoms with Crippen molar-refractivity contribution in [1.82, 2.24) is 0 Å². The van der Waals surface area contributed by atoms with E-state index in [2.05, 4.69) is 0 Å². The molecule has 0 saturated heterocycles. The zero-order valence-corrected chi connectivity index (χ0v) is 11.4. The molecule has 0 saturated carbocycles. The van der Waals surface area contributed by atoms with E-state index in [1.165, 1.54) is 6.92 Å². The zero-order valence-electron chi connectivity index (χ0n) is 11.4. The molecule has 0 heterocycles. The summed E-state index contributed by atoms with van der Waals surface area (Å²) in [6, 6.07) is 0. The standard InChI is InChI=1S/C13H24O4/c1-6-7-8-13(11(16)17,12(3,4)5)9(2)10(14)15/h9H,6-8H2,1-5H3,(H,14,15)(H,16,17). The maximum absolute atomic E-state index is 11.7. The number of rotatable bonds is 6. The number of unbranched alkanes of at least 4 members (excludes halogenated alkanes) is 1. The Morgan fingerprint density at radius 2 is 1.65 bits per heavy atom. The molecular formula is C13H24O4. The van der Waals surface area contributed by atoms with Crippen LogP contribution in [-0.4, -0.2) is 22.2 Å². The van der Waals surface area contributed by atoms with Gasteiger partial charge in [-0.1, -0.05) is 47.5 Å². The molecule has 0 aromatic heterocycles. The Labute approximate surface area is 103 Å². The molecule has 0 amide bonds. The van der Waals surface area contributed by atoms with Gasteiger partial charge < -0.3 is 10.2 Å². The lowest BCUT2D eigenvalue weighted by Gasteiger charge is -2.44. The minimum absolute atomic E-state index is 0.399. The fraction of sp³-hybridized carbons (Fsp3) is 0.846. The Kier molecular flexibility index (Phi) is 5.17. The SMILES string of the molecule is CCCCC(C(=O)O)(C(C)C(=O)O)C(C)(C)C. The molecule has 0 rings (SSSR count). The number of hydrogen-bond acceptors (Lipinski definition) is 2. The first kappa shape index (κ1) is 15.9. The van der Waals surface area contributed by atoms with E-state index in [1.807, 2.05) is 6.92 Å². The second-order valence-electron chi connectivity index (χ2n) is 5.69. The molecule has 0 aromatic rings. The van der Waals surface area contributed by atoms with Gasteiger partial charge >= 0.3 is 11.9 Å². The van der Waals surface area contributed by atoms with Gasteiger partial charge in [0.2, 0.25) is 0 Å². The predicted molar refractivity (Wildman–Crippen MR) is 65.8 cm³/mol. The molecule has 2 N–H and O–H groups in total. The molecule has 0 fully saturated rings. The van der Waals surface area contributed by atoms with Gasteiger partial charge in [0.05, 0.1) is 11.3 Å². The van der Waals surface area contributed by atoms with Crippen molar-refractivity contribution in [2.24, 2.45) is 16.7 Å². The lowest BCUT2D eigenvalue weighted by molar-refractivity contribution is -0.172. The van der Waals surface area contributed by atoms with E-state index in [9.17, 15) is 14.7 Å². The number of carboxylic acid groups (broad SMARTS) is 2. The molecule has 0 aromatic carbocycles. The quantitative estimate of drug-likeness (QED) is 0.753. The van der Waals surface area contributed by atoms with E-state index < -0.39 is 28.7 Å². The van der Waals surface area contributed by atoms with Crippen LogP contribution in [0.25, 0.3) is 0 Å². The van der Waals surface area contributed by atoms with Gasteiger partial charge in [-0.3, -0.25) is 9.59 Å². The average Bonchev–Trinajstić information content (AvgIpc) is 2.15. The van der Waals surface area contributed by atoms with Crippen LogP contribution in [-0.2, 0) is 9.59 Å². The zero-order chi connectivity index (χ0) is 13.9. The smallest absolute Gasteiger partial charge is 0.311 e. The Hall–Kier alpha value is -1.06. The summed E-state index contributed by atoms with van der Waals surface area (Å²) in [5, 5.41) is 18.7. The fourth-order valence-corrected chi connectivity index (χ4v) is 2.52. The second-order valence-corrected chi connectivity index (χ2v) is 5.69. The molecule has 0 spiro atoms. The van der Waals surface area contributed by atoms with Gasteiger partial charge in [0.1, 0.15) is 0 Å². The van der Waals surface area contributed by atoms with Gasteiger partial charge in [0.25, 0.3) is 0 Å². The molecule has 2 unspecified atom stereocenters. The molecule has 0 radical (unpaired) electrons. The molecule has 0 bridgehead atoms. The van der Waals surface area contributed by atoms with Crippen molar-refractivity contribution in [3.05, 3.63) is 0 Å². The van der Waals surface area contributed by atoms with Crippen LogP contribution in [0, 0.1) is 16.7 Å². The molecule has 2 atom stereocenters. The molecule has 17 heavy (non-hydrogen) atoms. The van der Waals surface area contributed by atoms with Crippen LogP contribution >= 0.6 is 0 Å². The number of carbonyl (C=O) groups is 2. The van der Waals surface area contributed by atoms with Crippen LogP contribution in [0.3, 0.4) is 0 Å². The highest BCUT2D eigenvalue weighted by molar-refractivity contribution is 5.84.